The molecule has 1 aromatic heterocycles. The van der Waals surface area contributed by atoms with Gasteiger partial charge in [0.05, 0.1) is 9.35 Å². The van der Waals surface area contributed by atoms with Crippen LogP contribution in [0.5, 0.6) is 0 Å². The first-order valence-corrected chi connectivity index (χ1v) is 6.72. The third-order valence-electron chi connectivity index (χ3n) is 3.75. The Morgan fingerprint density at radius 2 is 2.05 bits per heavy atom. The van der Waals surface area contributed by atoms with Gasteiger partial charge in [0.2, 0.25) is 0 Å². The van der Waals surface area contributed by atoms with Crippen LogP contribution in [-0.2, 0) is 12.8 Å². The van der Waals surface area contributed by atoms with Crippen LogP contribution in [0.25, 0.3) is 11.3 Å². The molecule has 0 saturated heterocycles. The molecule has 0 spiro atoms. The van der Waals surface area contributed by atoms with E-state index in [0.29, 0.717) is 29.8 Å². The smallest absolute Gasteiger partial charge is 0.270 e. The van der Waals surface area contributed by atoms with Gasteiger partial charge in [0.15, 0.2) is 5.69 Å². The minimum Gasteiger partial charge on any atom is -0.428 e. The van der Waals surface area contributed by atoms with E-state index in [2.05, 4.69) is 0 Å². The van der Waals surface area contributed by atoms with Crippen molar-refractivity contribution in [1.82, 2.24) is 4.73 Å². The zero-order chi connectivity index (χ0) is 15.0. The van der Waals surface area contributed by atoms with E-state index < -0.39 is 4.92 Å². The van der Waals surface area contributed by atoms with Crippen molar-refractivity contribution in [2.45, 2.75) is 25.7 Å². The van der Waals surface area contributed by atoms with Crippen molar-refractivity contribution in [1.29, 1.82) is 0 Å². The molecular formula is C14H14N3O4+. The SMILES string of the molecule is O=[N+]([O-])c1cccc(-c2c[n+](=O)c3c(n2O)CCCC3)c1. The second-order valence-electron chi connectivity index (χ2n) is 5.06. The van der Waals surface area contributed by atoms with Crippen molar-refractivity contribution in [2.75, 3.05) is 0 Å². The van der Waals surface area contributed by atoms with Crippen molar-refractivity contribution in [2.24, 2.45) is 0 Å². The quantitative estimate of drug-likeness (QED) is 0.396. The van der Waals surface area contributed by atoms with Gasteiger partial charge in [0, 0.05) is 29.0 Å². The molecule has 0 saturated carbocycles. The summed E-state index contributed by atoms with van der Waals surface area (Å²) in [7, 11) is 0. The number of hydrogen-bond donors (Lipinski definition) is 1. The summed E-state index contributed by atoms with van der Waals surface area (Å²) in [5.74, 6) is 0. The fraction of sp³-hybridized carbons (Fsp3) is 0.286. The number of nitrogens with zero attached hydrogens (tertiary/aromatic N) is 3. The zero-order valence-corrected chi connectivity index (χ0v) is 11.2. The number of rotatable bonds is 2. The first kappa shape index (κ1) is 13.3. The lowest BCUT2D eigenvalue weighted by Crippen LogP contribution is -2.30. The van der Waals surface area contributed by atoms with Crippen LogP contribution in [0.2, 0.25) is 0 Å². The monoisotopic (exact) mass is 288 g/mol. The molecule has 7 nitrogen and oxygen atoms in total. The Hall–Kier alpha value is -2.70. The molecule has 1 aliphatic rings. The molecule has 21 heavy (non-hydrogen) atoms. The van der Waals surface area contributed by atoms with Gasteiger partial charge in [-0.1, -0.05) is 12.1 Å². The molecule has 3 rings (SSSR count). The molecule has 0 bridgehead atoms. The van der Waals surface area contributed by atoms with Crippen LogP contribution >= 0.6 is 0 Å². The molecule has 1 aromatic carbocycles. The predicted octanol–water partition coefficient (Wildman–Crippen LogP) is 2.09. The van der Waals surface area contributed by atoms with Gasteiger partial charge >= 0.3 is 0 Å². The summed E-state index contributed by atoms with van der Waals surface area (Å²) < 4.78 is 1.75. The maximum absolute atomic E-state index is 12.1. The topological polar surface area (TPSA) is 91.3 Å². The van der Waals surface area contributed by atoms with Crippen molar-refractivity contribution in [3.05, 3.63) is 56.9 Å². The van der Waals surface area contributed by atoms with Gasteiger partial charge in [-0.15, -0.1) is 0 Å². The Morgan fingerprint density at radius 1 is 1.29 bits per heavy atom. The highest BCUT2D eigenvalue weighted by Crippen LogP contribution is 2.26. The number of non-ortho nitro benzene ring substituents is 1. The lowest BCUT2D eigenvalue weighted by atomic mass is 10.00. The Bertz CT molecular complexity index is 782. The largest absolute Gasteiger partial charge is 0.428 e. The number of benzene rings is 1. The molecule has 0 aliphatic heterocycles. The zero-order valence-electron chi connectivity index (χ0n) is 11.2. The van der Waals surface area contributed by atoms with E-state index in [1.54, 1.807) is 6.07 Å². The third-order valence-corrected chi connectivity index (χ3v) is 3.75. The lowest BCUT2D eigenvalue weighted by Gasteiger charge is -2.14. The van der Waals surface area contributed by atoms with Gasteiger partial charge in [-0.2, -0.15) is 4.73 Å². The summed E-state index contributed by atoms with van der Waals surface area (Å²) in [6, 6.07) is 5.87. The Kier molecular flexibility index (Phi) is 3.17. The van der Waals surface area contributed by atoms with Crippen LogP contribution in [0, 0.1) is 15.0 Å². The van der Waals surface area contributed by atoms with Gasteiger partial charge in [0.25, 0.3) is 17.6 Å². The van der Waals surface area contributed by atoms with Gasteiger partial charge < -0.3 is 5.21 Å². The van der Waals surface area contributed by atoms with E-state index in [0.717, 1.165) is 22.0 Å². The molecule has 7 heteroatoms. The summed E-state index contributed by atoms with van der Waals surface area (Å²) in [6.45, 7) is 0. The fourth-order valence-electron chi connectivity index (χ4n) is 2.70. The summed E-state index contributed by atoms with van der Waals surface area (Å²) in [6.07, 6.45) is 4.35. The molecule has 1 heterocycles. The number of hydrogen-bond acceptors (Lipinski definition) is 4. The van der Waals surface area contributed by atoms with Gasteiger partial charge in [-0.25, -0.2) is 0 Å². The van der Waals surface area contributed by atoms with Crippen molar-refractivity contribution < 1.29 is 14.6 Å². The summed E-state index contributed by atoms with van der Waals surface area (Å²) in [4.78, 5) is 22.4. The normalized spacial score (nSPS) is 13.7. The van der Waals surface area contributed by atoms with Crippen molar-refractivity contribution >= 4 is 5.69 Å². The molecule has 0 unspecified atom stereocenters. The van der Waals surface area contributed by atoms with E-state index in [9.17, 15) is 20.2 Å². The summed E-state index contributed by atoms with van der Waals surface area (Å²) >= 11 is 0. The number of nitro benzene ring substituents is 1. The maximum atomic E-state index is 12.1. The van der Waals surface area contributed by atoms with E-state index in [1.807, 2.05) is 0 Å². The Balaban J connectivity index is 2.19. The molecule has 1 N–H and O–H groups in total. The molecule has 0 amide bonds. The average molecular weight is 288 g/mol. The highest BCUT2D eigenvalue weighted by Gasteiger charge is 2.26. The lowest BCUT2D eigenvalue weighted by molar-refractivity contribution is -0.507. The minimum atomic E-state index is -0.505. The first-order chi connectivity index (χ1) is 10.1. The molecule has 2 aromatic rings. The second kappa shape index (κ2) is 5.01. The average Bonchev–Trinajstić information content (AvgIpc) is 2.51. The summed E-state index contributed by atoms with van der Waals surface area (Å²) in [5.41, 5.74) is 1.76. The van der Waals surface area contributed by atoms with Crippen LogP contribution in [0.15, 0.2) is 30.5 Å². The molecular weight excluding hydrogens is 274 g/mol. The van der Waals surface area contributed by atoms with Crippen LogP contribution in [0.4, 0.5) is 5.69 Å². The molecule has 0 radical (unpaired) electrons. The van der Waals surface area contributed by atoms with Crippen LogP contribution < -0.4 is 4.43 Å². The fourth-order valence-corrected chi connectivity index (χ4v) is 2.70. The predicted molar refractivity (Wildman–Crippen MR) is 73.7 cm³/mol. The first-order valence-electron chi connectivity index (χ1n) is 6.72. The Labute approximate surface area is 119 Å². The van der Waals surface area contributed by atoms with Crippen LogP contribution in [0.1, 0.15) is 24.2 Å². The summed E-state index contributed by atoms with van der Waals surface area (Å²) in [5, 5.41) is 21.2. The molecule has 0 atom stereocenters. The maximum Gasteiger partial charge on any atom is 0.270 e. The number of fused-ring (bicyclic) bond motifs is 1. The highest BCUT2D eigenvalue weighted by atomic mass is 16.6. The standard InChI is InChI=1S/C14H14N3O4/c18-15-9-14(10-4-3-5-11(8-10)17(20)21)16(19)13-7-2-1-6-12(13)15/h3-5,8-9,19H,1-2,6-7H2/q+1. The van der Waals surface area contributed by atoms with E-state index >= 15 is 0 Å². The van der Waals surface area contributed by atoms with Gasteiger partial charge in [-0.3, -0.25) is 10.1 Å². The number of nitro groups is 1. The molecule has 1 aliphatic carbocycles. The minimum absolute atomic E-state index is 0.0809. The Morgan fingerprint density at radius 3 is 2.81 bits per heavy atom. The molecule has 0 fully saturated rings. The number of aromatic nitrogens is 2. The van der Waals surface area contributed by atoms with Gasteiger partial charge in [0.1, 0.15) is 5.69 Å². The highest BCUT2D eigenvalue weighted by molar-refractivity contribution is 5.61. The van der Waals surface area contributed by atoms with Crippen LogP contribution in [-0.4, -0.2) is 14.9 Å². The molecule has 108 valence electrons. The van der Waals surface area contributed by atoms with Crippen LogP contribution in [0.3, 0.4) is 0 Å². The van der Waals surface area contributed by atoms with E-state index in [-0.39, 0.29) is 11.4 Å². The second-order valence-corrected chi connectivity index (χ2v) is 5.06. The van der Waals surface area contributed by atoms with E-state index in [1.165, 1.54) is 24.4 Å². The third kappa shape index (κ3) is 2.26. The van der Waals surface area contributed by atoms with Gasteiger partial charge in [-0.05, 0) is 19.3 Å². The van der Waals surface area contributed by atoms with E-state index in [4.69, 9.17) is 0 Å². The van der Waals surface area contributed by atoms with Crippen molar-refractivity contribution in [3.8, 4) is 11.3 Å². The van der Waals surface area contributed by atoms with Crippen molar-refractivity contribution in [3.63, 3.8) is 0 Å².